The Morgan fingerprint density at radius 2 is 2.17 bits per heavy atom. The van der Waals surface area contributed by atoms with Gasteiger partial charge >= 0.3 is 0 Å². The molecule has 0 atom stereocenters. The number of rotatable bonds is 3. The number of hydrogen-bond acceptors (Lipinski definition) is 2. The molecule has 2 heteroatoms. The fourth-order valence-electron chi connectivity index (χ4n) is 0.879. The molecule has 0 fully saturated rings. The lowest BCUT2D eigenvalue weighted by atomic mass is 10.1. The van der Waals surface area contributed by atoms with Crippen LogP contribution in [0.25, 0.3) is 0 Å². The molecule has 0 saturated heterocycles. The van der Waals surface area contributed by atoms with Crippen LogP contribution in [0, 0.1) is 12.3 Å². The van der Waals surface area contributed by atoms with E-state index in [-0.39, 0.29) is 5.78 Å². The maximum atomic E-state index is 10.7. The molecule has 0 saturated carbocycles. The number of hydrogen-bond donors (Lipinski definition) is 0. The van der Waals surface area contributed by atoms with Crippen molar-refractivity contribution in [2.24, 2.45) is 0 Å². The Morgan fingerprint density at radius 1 is 1.50 bits per heavy atom. The molecule has 0 aliphatic carbocycles. The number of aromatic nitrogens is 1. The summed E-state index contributed by atoms with van der Waals surface area (Å²) in [6.45, 7) is 0. The molecule has 12 heavy (non-hydrogen) atoms. The van der Waals surface area contributed by atoms with E-state index in [1.165, 1.54) is 0 Å². The lowest BCUT2D eigenvalue weighted by Gasteiger charge is -1.95. The summed E-state index contributed by atoms with van der Waals surface area (Å²) in [7, 11) is 0. The minimum absolute atomic E-state index is 0.146. The minimum Gasteiger partial charge on any atom is -0.285 e. The average Bonchev–Trinajstić information content (AvgIpc) is 2.16. The van der Waals surface area contributed by atoms with Gasteiger partial charge in [0.15, 0.2) is 0 Å². The third kappa shape index (κ3) is 2.55. The van der Waals surface area contributed by atoms with Gasteiger partial charge in [0, 0.05) is 18.8 Å². The fraction of sp³-hybridized carbons (Fsp3) is 0.200. The molecule has 0 amide bonds. The van der Waals surface area contributed by atoms with E-state index in [4.69, 9.17) is 6.42 Å². The number of aryl methyl sites for hydroxylation is 1. The second kappa shape index (κ2) is 4.30. The molecule has 2 nitrogen and oxygen atoms in total. The molecule has 0 aromatic carbocycles. The van der Waals surface area contributed by atoms with Crippen molar-refractivity contribution in [2.75, 3.05) is 0 Å². The number of ketones is 1. The smallest absolute Gasteiger partial charge is 0.205 e. The molecular weight excluding hydrogens is 150 g/mol. The first-order chi connectivity index (χ1) is 5.83. The van der Waals surface area contributed by atoms with Crippen LogP contribution in [-0.4, -0.2) is 10.8 Å². The minimum atomic E-state index is -0.146. The lowest BCUT2D eigenvalue weighted by molar-refractivity contribution is -0.113. The normalized spacial score (nSPS) is 8.92. The van der Waals surface area contributed by atoms with Gasteiger partial charge in [0.2, 0.25) is 5.78 Å². The third-order valence-electron chi connectivity index (χ3n) is 1.55. The predicted octanol–water partition coefficient (Wildman–Crippen LogP) is 1.22. The standard InChI is InChI=1S/C10H9NO/c1-2-10(12)4-3-9-5-7-11-8-6-9/h1,5-8H,3-4H2. The molecule has 0 aliphatic heterocycles. The molecule has 1 rings (SSSR count). The molecule has 1 aromatic heterocycles. The van der Waals surface area contributed by atoms with Crippen molar-refractivity contribution in [3.05, 3.63) is 30.1 Å². The van der Waals surface area contributed by atoms with Gasteiger partial charge in [-0.2, -0.15) is 0 Å². The van der Waals surface area contributed by atoms with Gasteiger partial charge in [0.1, 0.15) is 0 Å². The predicted molar refractivity (Wildman–Crippen MR) is 46.4 cm³/mol. The highest BCUT2D eigenvalue weighted by molar-refractivity contribution is 5.94. The zero-order valence-corrected chi connectivity index (χ0v) is 6.66. The van der Waals surface area contributed by atoms with Gasteiger partial charge in [0.25, 0.3) is 0 Å². The molecule has 0 N–H and O–H groups in total. The first-order valence-corrected chi connectivity index (χ1v) is 3.71. The van der Waals surface area contributed by atoms with Crippen LogP contribution in [0.3, 0.4) is 0 Å². The van der Waals surface area contributed by atoms with E-state index < -0.39 is 0 Å². The van der Waals surface area contributed by atoms with Crippen molar-refractivity contribution in [3.63, 3.8) is 0 Å². The Balaban J connectivity index is 2.45. The second-order valence-corrected chi connectivity index (χ2v) is 2.42. The van der Waals surface area contributed by atoms with Crippen LogP contribution in [0.4, 0.5) is 0 Å². The molecular formula is C10H9NO. The van der Waals surface area contributed by atoms with Gasteiger partial charge < -0.3 is 0 Å². The number of terminal acetylenes is 1. The SMILES string of the molecule is C#CC(=O)CCc1ccncc1. The Hall–Kier alpha value is -1.62. The van der Waals surface area contributed by atoms with Crippen LogP contribution < -0.4 is 0 Å². The largest absolute Gasteiger partial charge is 0.285 e. The van der Waals surface area contributed by atoms with Gasteiger partial charge in [0.05, 0.1) is 0 Å². The first-order valence-electron chi connectivity index (χ1n) is 3.71. The summed E-state index contributed by atoms with van der Waals surface area (Å²) in [4.78, 5) is 14.6. The summed E-state index contributed by atoms with van der Waals surface area (Å²) in [5.74, 6) is 1.93. The van der Waals surface area contributed by atoms with Crippen LogP contribution in [0.2, 0.25) is 0 Å². The summed E-state index contributed by atoms with van der Waals surface area (Å²) in [5, 5.41) is 0. The van der Waals surface area contributed by atoms with Crippen molar-refractivity contribution in [1.29, 1.82) is 0 Å². The topological polar surface area (TPSA) is 30.0 Å². The number of Topliss-reactive ketones (excluding diaryl/α,β-unsaturated/α-hetero) is 1. The number of pyridine rings is 1. The Morgan fingerprint density at radius 3 is 2.75 bits per heavy atom. The summed E-state index contributed by atoms with van der Waals surface area (Å²) >= 11 is 0. The molecule has 0 bridgehead atoms. The van der Waals surface area contributed by atoms with Gasteiger partial charge in [-0.3, -0.25) is 9.78 Å². The molecule has 0 unspecified atom stereocenters. The average molecular weight is 159 g/mol. The van der Waals surface area contributed by atoms with Crippen molar-refractivity contribution in [1.82, 2.24) is 4.98 Å². The fourth-order valence-corrected chi connectivity index (χ4v) is 0.879. The van der Waals surface area contributed by atoms with Crippen LogP contribution in [-0.2, 0) is 11.2 Å². The monoisotopic (exact) mass is 159 g/mol. The summed E-state index contributed by atoms with van der Waals surface area (Å²) in [6.07, 6.45) is 9.45. The number of nitrogens with zero attached hydrogens (tertiary/aromatic N) is 1. The first kappa shape index (κ1) is 8.48. The maximum Gasteiger partial charge on any atom is 0.205 e. The van der Waals surface area contributed by atoms with E-state index in [1.54, 1.807) is 12.4 Å². The molecule has 0 radical (unpaired) electrons. The van der Waals surface area contributed by atoms with E-state index in [1.807, 2.05) is 12.1 Å². The number of carbonyl (C=O) groups is 1. The Kier molecular flexibility index (Phi) is 3.04. The van der Waals surface area contributed by atoms with Gasteiger partial charge in [-0.1, -0.05) is 0 Å². The molecule has 1 heterocycles. The quantitative estimate of drug-likeness (QED) is 0.490. The van der Waals surface area contributed by atoms with Crippen LogP contribution in [0.1, 0.15) is 12.0 Å². The van der Waals surface area contributed by atoms with E-state index in [2.05, 4.69) is 10.9 Å². The zero-order valence-electron chi connectivity index (χ0n) is 6.66. The van der Waals surface area contributed by atoms with Gasteiger partial charge in [-0.15, -0.1) is 6.42 Å². The van der Waals surface area contributed by atoms with Crippen LogP contribution in [0.15, 0.2) is 24.5 Å². The maximum absolute atomic E-state index is 10.7. The van der Waals surface area contributed by atoms with E-state index in [9.17, 15) is 4.79 Å². The Labute approximate surface area is 71.6 Å². The van der Waals surface area contributed by atoms with Crippen molar-refractivity contribution < 1.29 is 4.79 Å². The van der Waals surface area contributed by atoms with Crippen molar-refractivity contribution in [3.8, 4) is 12.3 Å². The van der Waals surface area contributed by atoms with Crippen molar-refractivity contribution >= 4 is 5.78 Å². The van der Waals surface area contributed by atoms with Crippen molar-refractivity contribution in [2.45, 2.75) is 12.8 Å². The highest BCUT2D eigenvalue weighted by atomic mass is 16.1. The highest BCUT2D eigenvalue weighted by Crippen LogP contribution is 2.00. The summed E-state index contributed by atoms with van der Waals surface area (Å²) in [6, 6.07) is 3.76. The third-order valence-corrected chi connectivity index (χ3v) is 1.55. The van der Waals surface area contributed by atoms with E-state index >= 15 is 0 Å². The highest BCUT2D eigenvalue weighted by Gasteiger charge is 1.97. The summed E-state index contributed by atoms with van der Waals surface area (Å²) < 4.78 is 0. The van der Waals surface area contributed by atoms with Gasteiger partial charge in [-0.05, 0) is 30.0 Å². The molecule has 1 aromatic rings. The number of carbonyl (C=O) groups excluding carboxylic acids is 1. The van der Waals surface area contributed by atoms with E-state index in [0.717, 1.165) is 5.56 Å². The second-order valence-electron chi connectivity index (χ2n) is 2.42. The van der Waals surface area contributed by atoms with E-state index in [0.29, 0.717) is 12.8 Å². The van der Waals surface area contributed by atoms with Crippen LogP contribution >= 0.6 is 0 Å². The molecule has 60 valence electrons. The molecule has 0 aliphatic rings. The molecule has 0 spiro atoms. The van der Waals surface area contributed by atoms with Gasteiger partial charge in [-0.25, -0.2) is 0 Å². The van der Waals surface area contributed by atoms with Crippen LogP contribution in [0.5, 0.6) is 0 Å². The Bertz CT molecular complexity index is 297. The summed E-state index contributed by atoms with van der Waals surface area (Å²) in [5.41, 5.74) is 1.09. The zero-order chi connectivity index (χ0) is 8.81. The lowest BCUT2D eigenvalue weighted by Crippen LogP contribution is -1.95.